The van der Waals surface area contributed by atoms with Crippen LogP contribution in [0.4, 0.5) is 0 Å². The molecule has 0 aliphatic carbocycles. The van der Waals surface area contributed by atoms with Crippen LogP contribution in [0.5, 0.6) is 5.75 Å². The van der Waals surface area contributed by atoms with Gasteiger partial charge in [-0.15, -0.1) is 0 Å². The zero-order valence-corrected chi connectivity index (χ0v) is 13.4. The van der Waals surface area contributed by atoms with Crippen molar-refractivity contribution in [2.75, 3.05) is 33.8 Å². The van der Waals surface area contributed by atoms with E-state index in [4.69, 9.17) is 16.3 Å². The lowest BCUT2D eigenvalue weighted by Crippen LogP contribution is -2.31. The van der Waals surface area contributed by atoms with Crippen molar-refractivity contribution in [2.45, 2.75) is 25.8 Å². The first-order valence-electron chi connectivity index (χ1n) is 7.36. The van der Waals surface area contributed by atoms with Crippen molar-refractivity contribution in [3.63, 3.8) is 0 Å². The van der Waals surface area contributed by atoms with Crippen molar-refractivity contribution in [2.24, 2.45) is 5.92 Å². The molecular weight excluding hydrogens is 272 g/mol. The van der Waals surface area contributed by atoms with Gasteiger partial charge in [-0.1, -0.05) is 24.6 Å². The summed E-state index contributed by atoms with van der Waals surface area (Å²) >= 11 is 6.33. The lowest BCUT2D eigenvalue weighted by Gasteiger charge is -2.28. The van der Waals surface area contributed by atoms with Gasteiger partial charge in [0, 0.05) is 12.6 Å². The van der Waals surface area contributed by atoms with Gasteiger partial charge in [0.05, 0.1) is 5.02 Å². The van der Waals surface area contributed by atoms with Gasteiger partial charge in [-0.3, -0.25) is 0 Å². The van der Waals surface area contributed by atoms with Gasteiger partial charge in [0.2, 0.25) is 0 Å². The van der Waals surface area contributed by atoms with E-state index in [0.717, 1.165) is 24.8 Å². The van der Waals surface area contributed by atoms with Crippen molar-refractivity contribution in [1.29, 1.82) is 0 Å². The zero-order chi connectivity index (χ0) is 14.5. The van der Waals surface area contributed by atoms with Crippen LogP contribution < -0.4 is 10.1 Å². The van der Waals surface area contributed by atoms with Gasteiger partial charge in [-0.05, 0) is 57.1 Å². The van der Waals surface area contributed by atoms with Crippen molar-refractivity contribution in [1.82, 2.24) is 10.2 Å². The molecule has 0 amide bonds. The Morgan fingerprint density at radius 1 is 1.35 bits per heavy atom. The molecule has 112 valence electrons. The zero-order valence-electron chi connectivity index (χ0n) is 12.7. The van der Waals surface area contributed by atoms with E-state index in [-0.39, 0.29) is 0 Å². The van der Waals surface area contributed by atoms with Crippen LogP contribution >= 0.6 is 11.6 Å². The highest BCUT2D eigenvalue weighted by Crippen LogP contribution is 2.31. The second-order valence-corrected chi connectivity index (χ2v) is 6.39. The SMILES string of the molecule is C[C@H]1CCC(c2ccc(OCCN(C)C)c(Cl)c2)NC1. The van der Waals surface area contributed by atoms with Crippen molar-refractivity contribution in [3.8, 4) is 5.75 Å². The third-order valence-corrected chi connectivity index (χ3v) is 4.11. The van der Waals surface area contributed by atoms with Gasteiger partial charge >= 0.3 is 0 Å². The van der Waals surface area contributed by atoms with E-state index in [2.05, 4.69) is 23.2 Å². The monoisotopic (exact) mass is 296 g/mol. The molecule has 1 aromatic rings. The summed E-state index contributed by atoms with van der Waals surface area (Å²) in [4.78, 5) is 2.09. The molecule has 1 heterocycles. The summed E-state index contributed by atoms with van der Waals surface area (Å²) in [5.74, 6) is 1.55. The molecule has 1 N–H and O–H groups in total. The Labute approximate surface area is 127 Å². The molecule has 1 fully saturated rings. The number of piperidine rings is 1. The number of nitrogens with one attached hydrogen (secondary N) is 1. The number of hydrogen-bond donors (Lipinski definition) is 1. The van der Waals surface area contributed by atoms with Gasteiger partial charge in [0.15, 0.2) is 0 Å². The second-order valence-electron chi connectivity index (χ2n) is 5.98. The number of hydrogen-bond acceptors (Lipinski definition) is 3. The molecule has 1 aliphatic rings. The van der Waals surface area contributed by atoms with Crippen LogP contribution in [-0.4, -0.2) is 38.7 Å². The molecule has 4 heteroatoms. The standard InChI is InChI=1S/C16H25ClN2O/c1-12-4-6-15(18-11-12)13-5-7-16(14(17)10-13)20-9-8-19(2)3/h5,7,10,12,15,18H,4,6,8-9,11H2,1-3H3/t12-,15?/m0/s1. The summed E-state index contributed by atoms with van der Waals surface area (Å²) < 4.78 is 5.71. The molecule has 1 aromatic carbocycles. The number of benzene rings is 1. The van der Waals surface area contributed by atoms with E-state index in [1.165, 1.54) is 18.4 Å². The maximum absolute atomic E-state index is 6.33. The predicted molar refractivity (Wildman–Crippen MR) is 84.6 cm³/mol. The van der Waals surface area contributed by atoms with Crippen LogP contribution in [0.15, 0.2) is 18.2 Å². The average molecular weight is 297 g/mol. The highest BCUT2D eigenvalue weighted by atomic mass is 35.5. The fourth-order valence-electron chi connectivity index (χ4n) is 2.47. The largest absolute Gasteiger partial charge is 0.491 e. The normalized spacial score (nSPS) is 23.1. The Morgan fingerprint density at radius 2 is 2.15 bits per heavy atom. The summed E-state index contributed by atoms with van der Waals surface area (Å²) in [6.45, 7) is 4.92. The molecule has 0 saturated carbocycles. The Hall–Kier alpha value is -0.770. The molecule has 0 aromatic heterocycles. The highest BCUT2D eigenvalue weighted by Gasteiger charge is 2.19. The van der Waals surface area contributed by atoms with Crippen LogP contribution in [0.2, 0.25) is 5.02 Å². The van der Waals surface area contributed by atoms with E-state index < -0.39 is 0 Å². The minimum absolute atomic E-state index is 0.430. The van der Waals surface area contributed by atoms with Gasteiger partial charge in [-0.2, -0.15) is 0 Å². The predicted octanol–water partition coefficient (Wildman–Crippen LogP) is 3.34. The number of halogens is 1. The third-order valence-electron chi connectivity index (χ3n) is 3.82. The van der Waals surface area contributed by atoms with Crippen LogP contribution in [0.25, 0.3) is 0 Å². The number of rotatable bonds is 5. The van der Waals surface area contributed by atoms with E-state index >= 15 is 0 Å². The first-order chi connectivity index (χ1) is 9.56. The topological polar surface area (TPSA) is 24.5 Å². The van der Waals surface area contributed by atoms with Crippen LogP contribution in [0.1, 0.15) is 31.4 Å². The lowest BCUT2D eigenvalue weighted by molar-refractivity contribution is 0.261. The first-order valence-corrected chi connectivity index (χ1v) is 7.74. The molecule has 2 atom stereocenters. The number of nitrogens with zero attached hydrogens (tertiary/aromatic N) is 1. The summed E-state index contributed by atoms with van der Waals surface area (Å²) in [7, 11) is 4.06. The minimum atomic E-state index is 0.430. The molecule has 0 bridgehead atoms. The van der Waals surface area contributed by atoms with Gasteiger partial charge in [-0.25, -0.2) is 0 Å². The smallest absolute Gasteiger partial charge is 0.137 e. The van der Waals surface area contributed by atoms with Gasteiger partial charge in [0.25, 0.3) is 0 Å². The Morgan fingerprint density at radius 3 is 2.75 bits per heavy atom. The average Bonchev–Trinajstić information content (AvgIpc) is 2.41. The van der Waals surface area contributed by atoms with Crippen LogP contribution in [-0.2, 0) is 0 Å². The van der Waals surface area contributed by atoms with E-state index in [1.807, 2.05) is 26.2 Å². The van der Waals surface area contributed by atoms with E-state index in [1.54, 1.807) is 0 Å². The second kappa shape index (κ2) is 7.30. The summed E-state index contributed by atoms with van der Waals surface area (Å²) in [5, 5.41) is 4.29. The molecule has 0 radical (unpaired) electrons. The molecule has 2 rings (SSSR count). The third kappa shape index (κ3) is 4.37. The molecular formula is C16H25ClN2O. The van der Waals surface area contributed by atoms with Gasteiger partial charge in [0.1, 0.15) is 12.4 Å². The first kappa shape index (κ1) is 15.6. The Kier molecular flexibility index (Phi) is 5.70. The van der Waals surface area contributed by atoms with E-state index in [9.17, 15) is 0 Å². The summed E-state index contributed by atoms with van der Waals surface area (Å²) in [5.41, 5.74) is 1.27. The maximum Gasteiger partial charge on any atom is 0.137 e. The fourth-order valence-corrected chi connectivity index (χ4v) is 2.72. The van der Waals surface area contributed by atoms with Crippen molar-refractivity contribution >= 4 is 11.6 Å². The number of ether oxygens (including phenoxy) is 1. The van der Waals surface area contributed by atoms with Crippen LogP contribution in [0, 0.1) is 5.92 Å². The summed E-state index contributed by atoms with van der Waals surface area (Å²) in [6, 6.07) is 6.59. The quantitative estimate of drug-likeness (QED) is 0.902. The van der Waals surface area contributed by atoms with Crippen molar-refractivity contribution < 1.29 is 4.74 Å². The maximum atomic E-state index is 6.33. The van der Waals surface area contributed by atoms with Crippen molar-refractivity contribution in [3.05, 3.63) is 28.8 Å². The Bertz CT molecular complexity index is 428. The lowest BCUT2D eigenvalue weighted by atomic mass is 9.92. The molecule has 1 unspecified atom stereocenters. The Balaban J connectivity index is 1.95. The highest BCUT2D eigenvalue weighted by molar-refractivity contribution is 6.32. The van der Waals surface area contributed by atoms with E-state index in [0.29, 0.717) is 17.7 Å². The summed E-state index contributed by atoms with van der Waals surface area (Å²) in [6.07, 6.45) is 2.45. The van der Waals surface area contributed by atoms with Gasteiger partial charge < -0.3 is 15.0 Å². The molecule has 1 saturated heterocycles. The molecule has 20 heavy (non-hydrogen) atoms. The number of likely N-dealkylation sites (N-methyl/N-ethyl adjacent to an activating group) is 1. The molecule has 1 aliphatic heterocycles. The molecule has 3 nitrogen and oxygen atoms in total. The molecule has 0 spiro atoms. The minimum Gasteiger partial charge on any atom is -0.491 e. The van der Waals surface area contributed by atoms with Crippen LogP contribution in [0.3, 0.4) is 0 Å². The fraction of sp³-hybridized carbons (Fsp3) is 0.625.